The lowest BCUT2D eigenvalue weighted by Crippen LogP contribution is -2.01. The van der Waals surface area contributed by atoms with Crippen LogP contribution < -0.4 is 0 Å². The van der Waals surface area contributed by atoms with Gasteiger partial charge in [-0.1, -0.05) is 0 Å². The molecule has 1 aromatic heterocycles. The van der Waals surface area contributed by atoms with Crippen molar-refractivity contribution in [3.05, 3.63) is 25.6 Å². The zero-order valence-electron chi connectivity index (χ0n) is 6.45. The van der Waals surface area contributed by atoms with E-state index < -0.39 is 28.5 Å². The van der Waals surface area contributed by atoms with Gasteiger partial charge in [-0.05, 0) is 22.6 Å². The number of alkyl halides is 2. The van der Waals surface area contributed by atoms with Gasteiger partial charge >= 0.3 is 5.69 Å². The lowest BCUT2D eigenvalue weighted by molar-refractivity contribution is -0.387. The minimum atomic E-state index is -3.04. The maximum Gasteiger partial charge on any atom is 0.313 e. The number of halogens is 3. The summed E-state index contributed by atoms with van der Waals surface area (Å²) in [4.78, 5) is 12.5. The van der Waals surface area contributed by atoms with Crippen LogP contribution in [0.15, 0.2) is 6.20 Å². The van der Waals surface area contributed by atoms with Gasteiger partial charge in [0.1, 0.15) is 3.57 Å². The van der Waals surface area contributed by atoms with E-state index in [1.807, 2.05) is 0 Å². The second kappa shape index (κ2) is 3.98. The van der Waals surface area contributed by atoms with Gasteiger partial charge in [0.2, 0.25) is 0 Å². The van der Waals surface area contributed by atoms with Crippen LogP contribution in [0.3, 0.4) is 0 Å². The quantitative estimate of drug-likeness (QED) is 0.516. The fourth-order valence-electron chi connectivity index (χ4n) is 0.816. The van der Waals surface area contributed by atoms with Crippen LogP contribution in [0.25, 0.3) is 0 Å². The van der Waals surface area contributed by atoms with Crippen LogP contribution in [0.1, 0.15) is 12.1 Å². The molecule has 76 valence electrons. The normalized spacial score (nSPS) is 10.6. The summed E-state index contributed by atoms with van der Waals surface area (Å²) in [5.74, 6) is -0.485. The van der Waals surface area contributed by atoms with E-state index in [1.165, 1.54) is 22.6 Å². The van der Waals surface area contributed by atoms with Crippen molar-refractivity contribution in [3.63, 3.8) is 0 Å². The van der Waals surface area contributed by atoms with E-state index in [2.05, 4.69) is 4.98 Å². The van der Waals surface area contributed by atoms with Gasteiger partial charge in [0, 0.05) is 0 Å². The zero-order valence-corrected chi connectivity index (χ0v) is 8.60. The smallest absolute Gasteiger partial charge is 0.313 e. The molecule has 0 aromatic carbocycles. The molecule has 0 spiro atoms. The first-order valence-corrected chi connectivity index (χ1v) is 4.33. The summed E-state index contributed by atoms with van der Waals surface area (Å²) in [5.41, 5.74) is -1.78. The van der Waals surface area contributed by atoms with Crippen molar-refractivity contribution in [2.75, 3.05) is 0 Å². The van der Waals surface area contributed by atoms with Gasteiger partial charge in [0.25, 0.3) is 6.43 Å². The highest BCUT2D eigenvalue weighted by molar-refractivity contribution is 14.1. The van der Waals surface area contributed by atoms with Gasteiger partial charge in [0.15, 0.2) is 11.4 Å². The molecule has 1 rings (SSSR count). The lowest BCUT2D eigenvalue weighted by atomic mass is 10.3. The number of aromatic nitrogens is 1. The monoisotopic (exact) mass is 316 g/mol. The molecule has 14 heavy (non-hydrogen) atoms. The highest BCUT2D eigenvalue weighted by Gasteiger charge is 2.28. The zero-order chi connectivity index (χ0) is 10.9. The highest BCUT2D eigenvalue weighted by atomic mass is 127. The Labute approximate surface area is 90.1 Å². The minimum Gasteiger partial charge on any atom is -0.505 e. The second-order valence-corrected chi connectivity index (χ2v) is 3.33. The topological polar surface area (TPSA) is 76.3 Å². The van der Waals surface area contributed by atoms with Gasteiger partial charge in [-0.15, -0.1) is 0 Å². The van der Waals surface area contributed by atoms with E-state index in [0.717, 1.165) is 6.20 Å². The van der Waals surface area contributed by atoms with Crippen LogP contribution in [0.2, 0.25) is 0 Å². The molecule has 0 unspecified atom stereocenters. The van der Waals surface area contributed by atoms with Crippen LogP contribution in [-0.2, 0) is 0 Å². The largest absolute Gasteiger partial charge is 0.505 e. The predicted molar refractivity (Wildman–Crippen MR) is 50.2 cm³/mol. The van der Waals surface area contributed by atoms with Crippen molar-refractivity contribution in [2.45, 2.75) is 6.43 Å². The van der Waals surface area contributed by atoms with Gasteiger partial charge < -0.3 is 5.11 Å². The van der Waals surface area contributed by atoms with Crippen LogP contribution >= 0.6 is 22.6 Å². The molecule has 0 aliphatic rings. The number of nitro groups is 1. The maximum atomic E-state index is 12.2. The standard InChI is InChI=1S/C6H3F2IN2O3/c7-6(8)4-5(11(13)14)3(9)2(12)1-10-4/h1,6,12H. The van der Waals surface area contributed by atoms with Crippen LogP contribution in [0.4, 0.5) is 14.5 Å². The Kier molecular flexibility index (Phi) is 3.13. The summed E-state index contributed by atoms with van der Waals surface area (Å²) in [5, 5.41) is 19.5. The number of rotatable bonds is 2. The molecule has 5 nitrogen and oxygen atoms in total. The fraction of sp³-hybridized carbons (Fsp3) is 0.167. The Bertz CT molecular complexity index is 386. The van der Waals surface area contributed by atoms with E-state index in [4.69, 9.17) is 5.11 Å². The third-order valence-corrected chi connectivity index (χ3v) is 2.45. The molecule has 0 radical (unpaired) electrons. The van der Waals surface area contributed by atoms with E-state index >= 15 is 0 Å². The van der Waals surface area contributed by atoms with Crippen molar-refractivity contribution < 1.29 is 18.8 Å². The van der Waals surface area contributed by atoms with Crippen molar-refractivity contribution >= 4 is 28.3 Å². The molecule has 8 heteroatoms. The fourth-order valence-corrected chi connectivity index (χ4v) is 1.43. The summed E-state index contributed by atoms with van der Waals surface area (Å²) in [6.07, 6.45) is -2.28. The molecular weight excluding hydrogens is 313 g/mol. The van der Waals surface area contributed by atoms with E-state index in [1.54, 1.807) is 0 Å². The SMILES string of the molecule is O=[N+]([O-])c1c(C(F)F)ncc(O)c1I. The van der Waals surface area contributed by atoms with Gasteiger partial charge in [0.05, 0.1) is 11.1 Å². The predicted octanol–water partition coefficient (Wildman–Crippen LogP) is 2.24. The molecule has 0 fully saturated rings. The molecular formula is C6H3F2IN2O3. The van der Waals surface area contributed by atoms with Crippen LogP contribution in [0, 0.1) is 13.7 Å². The van der Waals surface area contributed by atoms with Crippen molar-refractivity contribution in [1.82, 2.24) is 4.98 Å². The van der Waals surface area contributed by atoms with E-state index in [-0.39, 0.29) is 3.57 Å². The molecule has 0 bridgehead atoms. The summed E-state index contributed by atoms with van der Waals surface area (Å²) >= 11 is 1.41. The summed E-state index contributed by atoms with van der Waals surface area (Å²) in [7, 11) is 0. The summed E-state index contributed by atoms with van der Waals surface area (Å²) < 4.78 is 24.3. The highest BCUT2D eigenvalue weighted by Crippen LogP contribution is 2.35. The molecule has 0 saturated carbocycles. The third-order valence-electron chi connectivity index (χ3n) is 1.39. The average molecular weight is 316 g/mol. The van der Waals surface area contributed by atoms with E-state index in [0.29, 0.717) is 0 Å². The summed E-state index contributed by atoms with van der Waals surface area (Å²) in [6, 6.07) is 0. The second-order valence-electron chi connectivity index (χ2n) is 2.25. The molecule has 0 saturated heterocycles. The number of nitrogens with zero attached hydrogens (tertiary/aromatic N) is 2. The van der Waals surface area contributed by atoms with Crippen molar-refractivity contribution in [1.29, 1.82) is 0 Å². The average Bonchev–Trinajstić information content (AvgIpc) is 2.08. The summed E-state index contributed by atoms with van der Waals surface area (Å²) in [6.45, 7) is 0. The Morgan fingerprint density at radius 3 is 2.64 bits per heavy atom. The lowest BCUT2D eigenvalue weighted by Gasteiger charge is -2.03. The number of hydrogen-bond acceptors (Lipinski definition) is 4. The molecule has 0 aliphatic heterocycles. The first-order valence-electron chi connectivity index (χ1n) is 3.25. The Morgan fingerprint density at radius 2 is 2.21 bits per heavy atom. The maximum absolute atomic E-state index is 12.2. The molecule has 0 amide bonds. The van der Waals surface area contributed by atoms with Gasteiger partial charge in [-0.3, -0.25) is 10.1 Å². The first kappa shape index (κ1) is 11.0. The van der Waals surface area contributed by atoms with E-state index in [9.17, 15) is 18.9 Å². The number of aromatic hydroxyl groups is 1. The van der Waals surface area contributed by atoms with Gasteiger partial charge in [-0.2, -0.15) is 0 Å². The third kappa shape index (κ3) is 1.89. The van der Waals surface area contributed by atoms with Crippen molar-refractivity contribution in [3.8, 4) is 5.75 Å². The molecule has 1 heterocycles. The number of hydrogen-bond donors (Lipinski definition) is 1. The molecule has 0 atom stereocenters. The molecule has 1 aromatic rings. The Balaban J connectivity index is 3.45. The minimum absolute atomic E-state index is 0.238. The van der Waals surface area contributed by atoms with Crippen LogP contribution in [0.5, 0.6) is 5.75 Å². The van der Waals surface area contributed by atoms with Crippen LogP contribution in [-0.4, -0.2) is 15.0 Å². The molecule has 0 aliphatic carbocycles. The molecule has 1 N–H and O–H groups in total. The van der Waals surface area contributed by atoms with Gasteiger partial charge in [-0.25, -0.2) is 13.8 Å². The Morgan fingerprint density at radius 1 is 1.64 bits per heavy atom. The van der Waals surface area contributed by atoms with Crippen molar-refractivity contribution in [2.24, 2.45) is 0 Å². The Hall–Kier alpha value is -1.06. The first-order chi connectivity index (χ1) is 6.45. The number of pyridine rings is 1.